The van der Waals surface area contributed by atoms with Gasteiger partial charge < -0.3 is 4.57 Å². The Hall–Kier alpha value is -2.73. The van der Waals surface area contributed by atoms with Crippen LogP contribution in [-0.2, 0) is 6.54 Å². The second-order valence-corrected chi connectivity index (χ2v) is 6.55. The number of piperidine rings is 1. The number of rotatable bonds is 4. The molecule has 0 spiro atoms. The van der Waals surface area contributed by atoms with Crippen molar-refractivity contribution in [2.45, 2.75) is 25.4 Å². The van der Waals surface area contributed by atoms with Gasteiger partial charge >= 0.3 is 0 Å². The second kappa shape index (κ2) is 6.64. The summed E-state index contributed by atoms with van der Waals surface area (Å²) < 4.78 is 2.21. The number of nitro benzene ring substituents is 1. The van der Waals surface area contributed by atoms with Crippen LogP contribution in [-0.4, -0.2) is 32.5 Å². The Balaban J connectivity index is 1.48. The van der Waals surface area contributed by atoms with Gasteiger partial charge in [0.25, 0.3) is 5.69 Å². The summed E-state index contributed by atoms with van der Waals surface area (Å²) in [7, 11) is 0. The molecule has 0 atom stereocenters. The lowest BCUT2D eigenvalue weighted by Crippen LogP contribution is -2.34. The first-order valence-corrected chi connectivity index (χ1v) is 8.58. The summed E-state index contributed by atoms with van der Waals surface area (Å²) in [5.74, 6) is 0. The van der Waals surface area contributed by atoms with Crippen molar-refractivity contribution >= 4 is 16.6 Å². The average Bonchev–Trinajstić information content (AvgIpc) is 3.06. The molecule has 1 aliphatic rings. The van der Waals surface area contributed by atoms with Crippen LogP contribution >= 0.6 is 0 Å². The monoisotopic (exact) mass is 336 g/mol. The van der Waals surface area contributed by atoms with Crippen LogP contribution < -0.4 is 0 Å². The first-order chi connectivity index (χ1) is 12.2. The topological polar surface area (TPSA) is 64.2 Å². The lowest BCUT2D eigenvalue weighted by molar-refractivity contribution is -0.384. The lowest BCUT2D eigenvalue weighted by atomic mass is 10.0. The van der Waals surface area contributed by atoms with Gasteiger partial charge in [0, 0.05) is 55.6 Å². The highest BCUT2D eigenvalue weighted by Gasteiger charge is 2.22. The van der Waals surface area contributed by atoms with Crippen molar-refractivity contribution in [2.75, 3.05) is 13.1 Å². The van der Waals surface area contributed by atoms with Crippen molar-refractivity contribution in [3.05, 3.63) is 70.7 Å². The number of nitro groups is 1. The molecule has 2 aromatic heterocycles. The summed E-state index contributed by atoms with van der Waals surface area (Å²) in [5, 5.41) is 12.1. The highest BCUT2D eigenvalue weighted by molar-refractivity contribution is 5.82. The standard InChI is InChI=1S/C19H20N4O2/c24-23(25)18-5-4-15-6-12-22(19(15)13-18)17-7-10-21(11-8-17)14-16-3-1-2-9-20-16/h1-6,9,12-13,17H,7-8,10-11,14H2. The Kier molecular flexibility index (Phi) is 4.19. The van der Waals surface area contributed by atoms with E-state index in [1.807, 2.05) is 30.5 Å². The van der Waals surface area contributed by atoms with Crippen LogP contribution in [0.15, 0.2) is 54.9 Å². The van der Waals surface area contributed by atoms with Crippen LogP contribution in [0.25, 0.3) is 10.9 Å². The van der Waals surface area contributed by atoms with Gasteiger partial charge in [-0.05, 0) is 37.1 Å². The van der Waals surface area contributed by atoms with E-state index in [1.54, 1.807) is 12.1 Å². The maximum absolute atomic E-state index is 11.1. The van der Waals surface area contributed by atoms with Gasteiger partial charge in [0.05, 0.1) is 16.1 Å². The lowest BCUT2D eigenvalue weighted by Gasteiger charge is -2.32. The molecule has 0 N–H and O–H groups in total. The molecule has 6 heteroatoms. The molecule has 1 aromatic carbocycles. The average molecular weight is 336 g/mol. The van der Waals surface area contributed by atoms with Crippen molar-refractivity contribution < 1.29 is 4.92 Å². The zero-order valence-corrected chi connectivity index (χ0v) is 13.9. The van der Waals surface area contributed by atoms with E-state index in [1.165, 1.54) is 0 Å². The molecule has 0 aliphatic carbocycles. The fourth-order valence-corrected chi connectivity index (χ4v) is 3.65. The van der Waals surface area contributed by atoms with Gasteiger partial charge in [-0.25, -0.2) is 0 Å². The van der Waals surface area contributed by atoms with Crippen LogP contribution in [0.1, 0.15) is 24.6 Å². The third-order valence-electron chi connectivity index (χ3n) is 4.98. The van der Waals surface area contributed by atoms with Gasteiger partial charge in [-0.3, -0.25) is 20.0 Å². The minimum absolute atomic E-state index is 0.153. The zero-order valence-electron chi connectivity index (χ0n) is 13.9. The van der Waals surface area contributed by atoms with E-state index >= 15 is 0 Å². The van der Waals surface area contributed by atoms with E-state index in [2.05, 4.69) is 26.7 Å². The number of benzene rings is 1. The second-order valence-electron chi connectivity index (χ2n) is 6.55. The van der Waals surface area contributed by atoms with E-state index in [0.717, 1.165) is 49.1 Å². The van der Waals surface area contributed by atoms with Crippen LogP contribution in [0.4, 0.5) is 5.69 Å². The molecule has 4 rings (SSSR count). The van der Waals surface area contributed by atoms with Gasteiger partial charge in [0.15, 0.2) is 0 Å². The first-order valence-electron chi connectivity index (χ1n) is 8.58. The van der Waals surface area contributed by atoms with Crippen LogP contribution in [0, 0.1) is 10.1 Å². The number of non-ortho nitro benzene ring substituents is 1. The van der Waals surface area contributed by atoms with Crippen LogP contribution in [0.3, 0.4) is 0 Å². The predicted octanol–water partition coefficient (Wildman–Crippen LogP) is 3.78. The smallest absolute Gasteiger partial charge is 0.271 e. The fourth-order valence-electron chi connectivity index (χ4n) is 3.65. The maximum Gasteiger partial charge on any atom is 0.271 e. The van der Waals surface area contributed by atoms with E-state index < -0.39 is 0 Å². The minimum Gasteiger partial charge on any atom is -0.344 e. The van der Waals surface area contributed by atoms with Crippen molar-refractivity contribution in [3.63, 3.8) is 0 Å². The van der Waals surface area contributed by atoms with Gasteiger partial charge in [-0.15, -0.1) is 0 Å². The van der Waals surface area contributed by atoms with Crippen molar-refractivity contribution in [2.24, 2.45) is 0 Å². The van der Waals surface area contributed by atoms with Gasteiger partial charge in [-0.2, -0.15) is 0 Å². The molecule has 6 nitrogen and oxygen atoms in total. The molecule has 0 unspecified atom stereocenters. The Morgan fingerprint density at radius 3 is 2.72 bits per heavy atom. The molecule has 0 bridgehead atoms. The number of pyridine rings is 1. The number of hydrogen-bond donors (Lipinski definition) is 0. The van der Waals surface area contributed by atoms with E-state index in [-0.39, 0.29) is 10.6 Å². The maximum atomic E-state index is 11.1. The largest absolute Gasteiger partial charge is 0.344 e. The Labute approximate surface area is 145 Å². The molecule has 3 heterocycles. The van der Waals surface area contributed by atoms with Crippen LogP contribution in [0.5, 0.6) is 0 Å². The van der Waals surface area contributed by atoms with Crippen molar-refractivity contribution in [1.29, 1.82) is 0 Å². The molecular formula is C19H20N4O2. The first kappa shape index (κ1) is 15.8. The van der Waals surface area contributed by atoms with Gasteiger partial charge in [0.1, 0.15) is 0 Å². The number of hydrogen-bond acceptors (Lipinski definition) is 4. The number of likely N-dealkylation sites (tertiary alicyclic amines) is 1. The van der Waals surface area contributed by atoms with E-state index in [4.69, 9.17) is 0 Å². The number of nitrogens with zero attached hydrogens (tertiary/aromatic N) is 4. The Morgan fingerprint density at radius 1 is 1.16 bits per heavy atom. The summed E-state index contributed by atoms with van der Waals surface area (Å²) in [6.45, 7) is 2.90. The third-order valence-corrected chi connectivity index (χ3v) is 4.98. The predicted molar refractivity (Wildman–Crippen MR) is 96.4 cm³/mol. The molecule has 3 aromatic rings. The Morgan fingerprint density at radius 2 is 2.00 bits per heavy atom. The molecule has 0 radical (unpaired) electrons. The molecule has 1 fully saturated rings. The van der Waals surface area contributed by atoms with Gasteiger partial charge in [0.2, 0.25) is 0 Å². The van der Waals surface area contributed by atoms with Crippen molar-refractivity contribution in [3.8, 4) is 0 Å². The van der Waals surface area contributed by atoms with Crippen molar-refractivity contribution in [1.82, 2.24) is 14.5 Å². The van der Waals surface area contributed by atoms with Crippen LogP contribution in [0.2, 0.25) is 0 Å². The number of fused-ring (bicyclic) bond motifs is 1. The third kappa shape index (κ3) is 3.25. The number of aromatic nitrogens is 2. The summed E-state index contributed by atoms with van der Waals surface area (Å²) >= 11 is 0. The highest BCUT2D eigenvalue weighted by Crippen LogP contribution is 2.30. The summed E-state index contributed by atoms with van der Waals surface area (Å²) in [6.07, 6.45) is 5.98. The molecule has 0 amide bonds. The molecule has 0 saturated carbocycles. The fraction of sp³-hybridized carbons (Fsp3) is 0.316. The summed E-state index contributed by atoms with van der Waals surface area (Å²) in [6, 6.07) is 13.5. The van der Waals surface area contributed by atoms with E-state index in [0.29, 0.717) is 6.04 Å². The zero-order chi connectivity index (χ0) is 17.2. The van der Waals surface area contributed by atoms with E-state index in [9.17, 15) is 10.1 Å². The SMILES string of the molecule is O=[N+]([O-])c1ccc2ccn(C3CCN(Cc4ccccn4)CC3)c2c1. The summed E-state index contributed by atoms with van der Waals surface area (Å²) in [5.41, 5.74) is 2.21. The molecule has 1 saturated heterocycles. The van der Waals surface area contributed by atoms with Gasteiger partial charge in [-0.1, -0.05) is 6.07 Å². The molecule has 1 aliphatic heterocycles. The molecule has 25 heavy (non-hydrogen) atoms. The Bertz CT molecular complexity index is 883. The normalized spacial score (nSPS) is 16.3. The minimum atomic E-state index is -0.327. The molecule has 128 valence electrons. The quantitative estimate of drug-likeness (QED) is 0.537. The highest BCUT2D eigenvalue weighted by atomic mass is 16.6. The molecular weight excluding hydrogens is 316 g/mol. The summed E-state index contributed by atoms with van der Waals surface area (Å²) in [4.78, 5) is 17.5.